The fourth-order valence-corrected chi connectivity index (χ4v) is 7.82. The molecule has 0 aromatic heterocycles. The molecule has 0 amide bonds. The van der Waals surface area contributed by atoms with E-state index < -0.39 is 0 Å². The molecule has 2 nitrogen and oxygen atoms in total. The fourth-order valence-electron chi connectivity index (χ4n) is 7.82. The molecular formula is C22H34O2. The van der Waals surface area contributed by atoms with Crippen molar-refractivity contribution in [3.05, 3.63) is 11.1 Å². The SMILES string of the molecule is CC1=C2CC[C@@H]3[C@@H](CC[C@]4(C)[C@@H]([C@H](C)O)CC[C@@H]34)[C@]2(C)CCC1=O. The highest BCUT2D eigenvalue weighted by molar-refractivity contribution is 5.96. The number of hydrogen-bond acceptors (Lipinski definition) is 2. The maximum atomic E-state index is 12.2. The van der Waals surface area contributed by atoms with Crippen molar-refractivity contribution < 1.29 is 9.90 Å². The zero-order valence-electron chi connectivity index (χ0n) is 15.9. The molecule has 0 spiro atoms. The molecule has 3 fully saturated rings. The Bertz CT molecular complexity index is 589. The van der Waals surface area contributed by atoms with Gasteiger partial charge in [-0.15, -0.1) is 0 Å². The van der Waals surface area contributed by atoms with Crippen LogP contribution in [0.1, 0.15) is 79.1 Å². The lowest BCUT2D eigenvalue weighted by Crippen LogP contribution is -2.51. The number of carbonyl (C=O) groups is 1. The lowest BCUT2D eigenvalue weighted by atomic mass is 9.46. The summed E-state index contributed by atoms with van der Waals surface area (Å²) in [6.45, 7) is 9.03. The van der Waals surface area contributed by atoms with Crippen molar-refractivity contribution in [1.29, 1.82) is 0 Å². The molecule has 7 atom stereocenters. The summed E-state index contributed by atoms with van der Waals surface area (Å²) >= 11 is 0. The van der Waals surface area contributed by atoms with Gasteiger partial charge in [-0.2, -0.15) is 0 Å². The molecule has 0 bridgehead atoms. The van der Waals surface area contributed by atoms with Crippen LogP contribution in [-0.4, -0.2) is 17.0 Å². The third-order valence-corrected chi connectivity index (χ3v) is 9.07. The van der Waals surface area contributed by atoms with Crippen LogP contribution in [0.3, 0.4) is 0 Å². The minimum absolute atomic E-state index is 0.166. The Morgan fingerprint density at radius 1 is 1.04 bits per heavy atom. The largest absolute Gasteiger partial charge is 0.393 e. The predicted molar refractivity (Wildman–Crippen MR) is 96.5 cm³/mol. The Morgan fingerprint density at radius 3 is 2.50 bits per heavy atom. The Kier molecular flexibility index (Phi) is 3.81. The monoisotopic (exact) mass is 330 g/mol. The summed E-state index contributed by atoms with van der Waals surface area (Å²) in [5.41, 5.74) is 3.22. The molecule has 0 aromatic rings. The Labute approximate surface area is 147 Å². The maximum absolute atomic E-state index is 12.2. The molecule has 0 unspecified atom stereocenters. The van der Waals surface area contributed by atoms with Crippen LogP contribution in [-0.2, 0) is 4.79 Å². The number of aliphatic hydroxyl groups is 1. The third kappa shape index (κ3) is 2.08. The first-order valence-corrected chi connectivity index (χ1v) is 10.2. The van der Waals surface area contributed by atoms with Crippen molar-refractivity contribution in [1.82, 2.24) is 0 Å². The second-order valence-corrected chi connectivity index (χ2v) is 9.83. The van der Waals surface area contributed by atoms with Crippen LogP contribution in [0.2, 0.25) is 0 Å². The zero-order valence-corrected chi connectivity index (χ0v) is 15.9. The fraction of sp³-hybridized carbons (Fsp3) is 0.864. The Balaban J connectivity index is 1.68. The number of carbonyl (C=O) groups excluding carboxylic acids is 1. The lowest BCUT2D eigenvalue weighted by molar-refractivity contribution is -0.119. The van der Waals surface area contributed by atoms with E-state index in [-0.39, 0.29) is 11.5 Å². The first kappa shape index (κ1) is 16.8. The molecule has 0 radical (unpaired) electrons. The van der Waals surface area contributed by atoms with Gasteiger partial charge >= 0.3 is 0 Å². The molecule has 4 rings (SSSR count). The number of allylic oxidation sites excluding steroid dienone is 1. The van der Waals surface area contributed by atoms with E-state index in [1.807, 2.05) is 6.92 Å². The summed E-state index contributed by atoms with van der Waals surface area (Å²) in [6, 6.07) is 0. The molecule has 0 aliphatic heterocycles. The van der Waals surface area contributed by atoms with Gasteiger partial charge in [0.1, 0.15) is 0 Å². The van der Waals surface area contributed by atoms with Crippen LogP contribution < -0.4 is 0 Å². The third-order valence-electron chi connectivity index (χ3n) is 9.07. The van der Waals surface area contributed by atoms with Crippen LogP contribution in [0.5, 0.6) is 0 Å². The van der Waals surface area contributed by atoms with Crippen molar-refractivity contribution in [3.63, 3.8) is 0 Å². The number of hydrogen-bond donors (Lipinski definition) is 1. The molecule has 134 valence electrons. The quantitative estimate of drug-likeness (QED) is 0.742. The van der Waals surface area contributed by atoms with Gasteiger partial charge in [-0.3, -0.25) is 4.79 Å². The van der Waals surface area contributed by atoms with Crippen molar-refractivity contribution in [2.24, 2.45) is 34.5 Å². The summed E-state index contributed by atoms with van der Waals surface area (Å²) < 4.78 is 0. The molecule has 1 N–H and O–H groups in total. The minimum Gasteiger partial charge on any atom is -0.393 e. The van der Waals surface area contributed by atoms with Crippen LogP contribution in [0.15, 0.2) is 11.1 Å². The highest BCUT2D eigenvalue weighted by atomic mass is 16.3. The summed E-state index contributed by atoms with van der Waals surface area (Å²) in [7, 11) is 0. The molecule has 0 heterocycles. The van der Waals surface area contributed by atoms with Crippen molar-refractivity contribution in [2.45, 2.75) is 85.2 Å². The second kappa shape index (κ2) is 5.43. The second-order valence-electron chi connectivity index (χ2n) is 9.83. The predicted octanol–water partition coefficient (Wildman–Crippen LogP) is 4.91. The topological polar surface area (TPSA) is 37.3 Å². The minimum atomic E-state index is -0.166. The molecular weight excluding hydrogens is 296 g/mol. The Morgan fingerprint density at radius 2 is 1.79 bits per heavy atom. The summed E-state index contributed by atoms with van der Waals surface area (Å²) in [4.78, 5) is 12.2. The van der Waals surface area contributed by atoms with Crippen molar-refractivity contribution >= 4 is 5.78 Å². The van der Waals surface area contributed by atoms with Crippen molar-refractivity contribution in [3.8, 4) is 0 Å². The van der Waals surface area contributed by atoms with E-state index in [9.17, 15) is 9.90 Å². The van der Waals surface area contributed by atoms with E-state index in [4.69, 9.17) is 0 Å². The van der Waals surface area contributed by atoms with Crippen LogP contribution in [0.4, 0.5) is 0 Å². The molecule has 0 aromatic carbocycles. The summed E-state index contributed by atoms with van der Waals surface area (Å²) in [6.07, 6.45) is 9.15. The van der Waals surface area contributed by atoms with Crippen molar-refractivity contribution in [2.75, 3.05) is 0 Å². The number of aliphatic hydroxyl groups excluding tert-OH is 1. The molecule has 3 saturated carbocycles. The van der Waals surface area contributed by atoms with Gasteiger partial charge in [0.05, 0.1) is 6.10 Å². The average Bonchev–Trinajstić information content (AvgIpc) is 2.89. The first-order valence-electron chi connectivity index (χ1n) is 10.2. The zero-order chi connectivity index (χ0) is 17.3. The normalized spacial score (nSPS) is 49.5. The molecule has 4 aliphatic carbocycles. The molecule has 2 heteroatoms. The Hall–Kier alpha value is -0.630. The van der Waals surface area contributed by atoms with Gasteiger partial charge in [0.2, 0.25) is 0 Å². The maximum Gasteiger partial charge on any atom is 0.158 e. The van der Waals surface area contributed by atoms with Gasteiger partial charge in [-0.1, -0.05) is 19.4 Å². The number of ketones is 1. The van der Waals surface area contributed by atoms with E-state index in [0.717, 1.165) is 42.6 Å². The van der Waals surface area contributed by atoms with E-state index >= 15 is 0 Å². The highest BCUT2D eigenvalue weighted by Gasteiger charge is 2.59. The lowest BCUT2D eigenvalue weighted by Gasteiger charge is -2.58. The van der Waals surface area contributed by atoms with Gasteiger partial charge in [-0.05, 0) is 98.9 Å². The smallest absolute Gasteiger partial charge is 0.158 e. The average molecular weight is 331 g/mol. The van der Waals surface area contributed by atoms with Crippen LogP contribution in [0.25, 0.3) is 0 Å². The molecule has 0 saturated heterocycles. The van der Waals surface area contributed by atoms with Gasteiger partial charge < -0.3 is 5.11 Å². The first-order chi connectivity index (χ1) is 11.3. The summed E-state index contributed by atoms with van der Waals surface area (Å²) in [5.74, 6) is 3.24. The van der Waals surface area contributed by atoms with Gasteiger partial charge in [0.25, 0.3) is 0 Å². The van der Waals surface area contributed by atoms with Crippen LogP contribution >= 0.6 is 0 Å². The van der Waals surface area contributed by atoms with E-state index in [2.05, 4.69) is 20.8 Å². The van der Waals surface area contributed by atoms with E-state index in [1.165, 1.54) is 37.7 Å². The van der Waals surface area contributed by atoms with Gasteiger partial charge in [-0.25, -0.2) is 0 Å². The van der Waals surface area contributed by atoms with Gasteiger partial charge in [0.15, 0.2) is 5.78 Å². The van der Waals surface area contributed by atoms with Gasteiger partial charge in [0, 0.05) is 6.42 Å². The van der Waals surface area contributed by atoms with E-state index in [0.29, 0.717) is 17.1 Å². The molecule has 4 aliphatic rings. The number of fused-ring (bicyclic) bond motifs is 5. The van der Waals surface area contributed by atoms with Crippen LogP contribution in [0, 0.1) is 34.5 Å². The highest BCUT2D eigenvalue weighted by Crippen LogP contribution is 2.67. The number of Topliss-reactive ketones (excluding diaryl/α,β-unsaturated/α-hetero) is 1. The molecule has 24 heavy (non-hydrogen) atoms. The standard InChI is InChI=1S/C22H34O2/c1-13-16-6-5-15-18-8-7-17(14(2)23)22(18,4)11-9-19(15)21(16,3)12-10-20(13)24/h14-15,17-19,23H,5-12H2,1-4H3/t14-,15-,17+,18-,19+,21+,22+/m0/s1. The number of rotatable bonds is 1. The summed E-state index contributed by atoms with van der Waals surface area (Å²) in [5, 5.41) is 10.3. The van der Waals surface area contributed by atoms with E-state index in [1.54, 1.807) is 0 Å².